The minimum Gasteiger partial charge on any atom is -0.494 e. The Morgan fingerprint density at radius 1 is 1.47 bits per heavy atom. The molecule has 0 radical (unpaired) electrons. The van der Waals surface area contributed by atoms with E-state index >= 15 is 0 Å². The number of Topliss-reactive ketones (excluding diaryl/α,β-unsaturated/α-hetero) is 1. The Morgan fingerprint density at radius 2 is 2.18 bits per heavy atom. The third-order valence-electron chi connectivity index (χ3n) is 2.61. The molecule has 0 aromatic heterocycles. The minimum absolute atomic E-state index is 0.0871. The maximum Gasteiger partial charge on any atom is 0.179 e. The third kappa shape index (κ3) is 3.27. The quantitative estimate of drug-likeness (QED) is 0.775. The molecule has 0 bridgehead atoms. The van der Waals surface area contributed by atoms with E-state index in [-0.39, 0.29) is 17.6 Å². The fraction of sp³-hybridized carbons (Fsp3) is 0.462. The number of hydrogen-bond acceptors (Lipinski definition) is 3. The molecule has 1 unspecified atom stereocenters. The summed E-state index contributed by atoms with van der Waals surface area (Å²) in [4.78, 5) is 12.0. The molecule has 0 aliphatic rings. The van der Waals surface area contributed by atoms with Gasteiger partial charge in [-0.15, -0.1) is 0 Å². The zero-order chi connectivity index (χ0) is 12.8. The van der Waals surface area contributed by atoms with Gasteiger partial charge in [-0.2, -0.15) is 0 Å². The molecule has 0 amide bonds. The molecule has 1 aromatic carbocycles. The van der Waals surface area contributed by atoms with Crippen LogP contribution >= 0.6 is 0 Å². The summed E-state index contributed by atoms with van der Waals surface area (Å²) in [5.74, 6) is -0.446. The van der Waals surface area contributed by atoms with Gasteiger partial charge in [0.1, 0.15) is 0 Å². The van der Waals surface area contributed by atoms with E-state index in [1.807, 2.05) is 13.8 Å². The van der Waals surface area contributed by atoms with Crippen LogP contribution in [0, 0.1) is 5.82 Å². The second-order valence-electron chi connectivity index (χ2n) is 3.73. The van der Waals surface area contributed by atoms with Gasteiger partial charge in [-0.3, -0.25) is 4.79 Å². The summed E-state index contributed by atoms with van der Waals surface area (Å²) in [5.41, 5.74) is 0.371. The van der Waals surface area contributed by atoms with Crippen LogP contribution < -0.4 is 10.1 Å². The number of nitrogens with one attached hydrogen (secondary N) is 1. The Balaban J connectivity index is 2.92. The standard InChI is InChI=1S/C13H18FNO2/c1-4-11(15-5-2)13(16)9-6-7-12(17-3)10(14)8-9/h6-8,11,15H,4-5H2,1-3H3. The lowest BCUT2D eigenvalue weighted by atomic mass is 10.0. The van der Waals surface area contributed by atoms with Crippen molar-refractivity contribution >= 4 is 5.78 Å². The normalized spacial score (nSPS) is 12.2. The number of carbonyl (C=O) groups is 1. The predicted octanol–water partition coefficient (Wildman–Crippen LogP) is 2.41. The molecule has 0 fully saturated rings. The van der Waals surface area contributed by atoms with Crippen molar-refractivity contribution in [3.8, 4) is 5.75 Å². The molecule has 0 aliphatic carbocycles. The molecule has 17 heavy (non-hydrogen) atoms. The Bertz CT molecular complexity index is 393. The molecule has 1 N–H and O–H groups in total. The van der Waals surface area contributed by atoms with Crippen molar-refractivity contribution in [2.24, 2.45) is 0 Å². The number of hydrogen-bond donors (Lipinski definition) is 1. The molecule has 0 spiro atoms. The zero-order valence-electron chi connectivity index (χ0n) is 10.4. The molecule has 1 rings (SSSR count). The number of carbonyl (C=O) groups excluding carboxylic acids is 1. The number of rotatable bonds is 6. The number of ether oxygens (including phenoxy) is 1. The van der Waals surface area contributed by atoms with E-state index in [0.717, 1.165) is 0 Å². The van der Waals surface area contributed by atoms with Gasteiger partial charge in [0.05, 0.1) is 13.2 Å². The molecule has 94 valence electrons. The van der Waals surface area contributed by atoms with Crippen molar-refractivity contribution in [1.29, 1.82) is 0 Å². The predicted molar refractivity (Wildman–Crippen MR) is 65.0 cm³/mol. The lowest BCUT2D eigenvalue weighted by Gasteiger charge is -2.14. The van der Waals surface area contributed by atoms with Crippen LogP contribution in [-0.2, 0) is 0 Å². The summed E-state index contributed by atoms with van der Waals surface area (Å²) >= 11 is 0. The molecule has 0 saturated heterocycles. The Kier molecular flexibility index (Phi) is 5.10. The average Bonchev–Trinajstić information content (AvgIpc) is 2.35. The fourth-order valence-corrected chi connectivity index (χ4v) is 1.69. The molecule has 0 heterocycles. The largest absolute Gasteiger partial charge is 0.494 e. The van der Waals surface area contributed by atoms with Crippen LogP contribution in [-0.4, -0.2) is 25.5 Å². The number of ketones is 1. The van der Waals surface area contributed by atoms with Gasteiger partial charge in [0, 0.05) is 5.56 Å². The van der Waals surface area contributed by atoms with Crippen LogP contribution in [0.1, 0.15) is 30.6 Å². The molecule has 4 heteroatoms. The van der Waals surface area contributed by atoms with Gasteiger partial charge in [0.15, 0.2) is 17.3 Å². The van der Waals surface area contributed by atoms with Crippen LogP contribution in [0.5, 0.6) is 5.75 Å². The Hall–Kier alpha value is -1.42. The van der Waals surface area contributed by atoms with Crippen LogP contribution in [0.2, 0.25) is 0 Å². The highest BCUT2D eigenvalue weighted by atomic mass is 19.1. The van der Waals surface area contributed by atoms with Crippen molar-refractivity contribution in [3.63, 3.8) is 0 Å². The van der Waals surface area contributed by atoms with Crippen molar-refractivity contribution in [3.05, 3.63) is 29.6 Å². The number of benzene rings is 1. The van der Waals surface area contributed by atoms with Crippen LogP contribution in [0.25, 0.3) is 0 Å². The Morgan fingerprint density at radius 3 is 2.65 bits per heavy atom. The van der Waals surface area contributed by atoms with Gasteiger partial charge in [-0.05, 0) is 31.2 Å². The minimum atomic E-state index is -0.510. The molecule has 0 aliphatic heterocycles. The summed E-state index contributed by atoms with van der Waals surface area (Å²) in [6, 6.07) is 4.03. The first kappa shape index (κ1) is 13.6. The van der Waals surface area contributed by atoms with E-state index in [1.54, 1.807) is 6.07 Å². The van der Waals surface area contributed by atoms with Gasteiger partial charge >= 0.3 is 0 Å². The van der Waals surface area contributed by atoms with E-state index in [4.69, 9.17) is 4.74 Å². The summed E-state index contributed by atoms with van der Waals surface area (Å²) in [7, 11) is 1.40. The van der Waals surface area contributed by atoms with Crippen molar-refractivity contribution in [2.75, 3.05) is 13.7 Å². The van der Waals surface area contributed by atoms with Crippen LogP contribution in [0.15, 0.2) is 18.2 Å². The van der Waals surface area contributed by atoms with Gasteiger partial charge in [0.2, 0.25) is 0 Å². The van der Waals surface area contributed by atoms with Crippen molar-refractivity contribution in [2.45, 2.75) is 26.3 Å². The van der Waals surface area contributed by atoms with Crippen LogP contribution in [0.4, 0.5) is 4.39 Å². The maximum absolute atomic E-state index is 13.5. The molecule has 3 nitrogen and oxygen atoms in total. The first-order valence-corrected chi connectivity index (χ1v) is 5.75. The highest BCUT2D eigenvalue weighted by Crippen LogP contribution is 2.18. The van der Waals surface area contributed by atoms with Crippen LogP contribution in [0.3, 0.4) is 0 Å². The molecular weight excluding hydrogens is 221 g/mol. The molecular formula is C13H18FNO2. The highest BCUT2D eigenvalue weighted by molar-refractivity contribution is 6.00. The lowest BCUT2D eigenvalue weighted by molar-refractivity contribution is 0.0941. The van der Waals surface area contributed by atoms with Crippen molar-refractivity contribution in [1.82, 2.24) is 5.32 Å². The second kappa shape index (κ2) is 6.35. The van der Waals surface area contributed by atoms with Gasteiger partial charge in [-0.25, -0.2) is 4.39 Å². The summed E-state index contributed by atoms with van der Waals surface area (Å²) in [5, 5.41) is 3.08. The van der Waals surface area contributed by atoms with E-state index in [1.165, 1.54) is 19.2 Å². The average molecular weight is 239 g/mol. The second-order valence-corrected chi connectivity index (χ2v) is 3.73. The zero-order valence-corrected chi connectivity index (χ0v) is 10.4. The highest BCUT2D eigenvalue weighted by Gasteiger charge is 2.18. The van der Waals surface area contributed by atoms with E-state index in [9.17, 15) is 9.18 Å². The summed E-state index contributed by atoms with van der Waals surface area (Å²) < 4.78 is 18.3. The summed E-state index contributed by atoms with van der Waals surface area (Å²) in [6.45, 7) is 4.57. The fourth-order valence-electron chi connectivity index (χ4n) is 1.69. The first-order valence-electron chi connectivity index (χ1n) is 5.75. The van der Waals surface area contributed by atoms with Gasteiger partial charge in [0.25, 0.3) is 0 Å². The van der Waals surface area contributed by atoms with E-state index in [2.05, 4.69) is 5.32 Å². The van der Waals surface area contributed by atoms with Gasteiger partial charge in [-0.1, -0.05) is 13.8 Å². The monoisotopic (exact) mass is 239 g/mol. The third-order valence-corrected chi connectivity index (χ3v) is 2.61. The first-order chi connectivity index (χ1) is 8.13. The number of methoxy groups -OCH3 is 1. The topological polar surface area (TPSA) is 38.3 Å². The lowest BCUT2D eigenvalue weighted by Crippen LogP contribution is -2.36. The van der Waals surface area contributed by atoms with E-state index in [0.29, 0.717) is 18.5 Å². The SMILES string of the molecule is CCNC(CC)C(=O)c1ccc(OC)c(F)c1. The van der Waals surface area contributed by atoms with Gasteiger partial charge < -0.3 is 10.1 Å². The number of halogens is 1. The van der Waals surface area contributed by atoms with E-state index < -0.39 is 5.82 Å². The Labute approximate surface area is 101 Å². The summed E-state index contributed by atoms with van der Waals surface area (Å²) in [6.07, 6.45) is 0.681. The maximum atomic E-state index is 13.5. The molecule has 1 aromatic rings. The number of likely N-dealkylation sites (N-methyl/N-ethyl adjacent to an activating group) is 1. The smallest absolute Gasteiger partial charge is 0.179 e. The molecule has 1 atom stereocenters. The van der Waals surface area contributed by atoms with Crippen molar-refractivity contribution < 1.29 is 13.9 Å². The molecule has 0 saturated carbocycles.